The number of aliphatic imine (C=N–C) groups is 2. The summed E-state index contributed by atoms with van der Waals surface area (Å²) in [7, 11) is 0. The first-order valence-electron chi connectivity index (χ1n) is 6.98. The molecule has 0 unspecified atom stereocenters. The molecule has 0 saturated heterocycles. The van der Waals surface area contributed by atoms with Gasteiger partial charge in [-0.15, -0.1) is 0 Å². The minimum absolute atomic E-state index is 0.803. The van der Waals surface area contributed by atoms with E-state index in [0.717, 1.165) is 24.5 Å². The highest BCUT2D eigenvalue weighted by atomic mass is 14.9. The molecule has 0 spiro atoms. The molecule has 0 fully saturated rings. The van der Waals surface area contributed by atoms with E-state index in [1.165, 1.54) is 32.7 Å². The van der Waals surface area contributed by atoms with Crippen LogP contribution in [-0.4, -0.2) is 24.5 Å². The maximum Gasteiger partial charge on any atom is 0.0918 e. The number of nitrogens with zero attached hydrogens (tertiary/aromatic N) is 2. The second-order valence-corrected chi connectivity index (χ2v) is 5.34. The van der Waals surface area contributed by atoms with Crippen LogP contribution in [0.2, 0.25) is 0 Å². The SMILES string of the molecule is c1ccc2c3c4c(cccc4cc2c1)C1=NCCN=C13. The van der Waals surface area contributed by atoms with Crippen molar-refractivity contribution >= 4 is 33.0 Å². The van der Waals surface area contributed by atoms with Gasteiger partial charge in [0.2, 0.25) is 0 Å². The van der Waals surface area contributed by atoms with Gasteiger partial charge in [-0.25, -0.2) is 0 Å². The van der Waals surface area contributed by atoms with E-state index in [-0.39, 0.29) is 0 Å². The monoisotopic (exact) mass is 256 g/mol. The fraction of sp³-hybridized carbons (Fsp3) is 0.111. The van der Waals surface area contributed by atoms with Crippen molar-refractivity contribution in [2.75, 3.05) is 13.1 Å². The van der Waals surface area contributed by atoms with Crippen molar-refractivity contribution in [2.24, 2.45) is 9.98 Å². The average molecular weight is 256 g/mol. The fourth-order valence-corrected chi connectivity index (χ4v) is 3.45. The molecule has 5 rings (SSSR count). The summed E-state index contributed by atoms with van der Waals surface area (Å²) < 4.78 is 0. The van der Waals surface area contributed by atoms with Crippen molar-refractivity contribution in [1.82, 2.24) is 0 Å². The minimum Gasteiger partial charge on any atom is -0.280 e. The zero-order valence-electron chi connectivity index (χ0n) is 10.9. The molecule has 2 aliphatic rings. The van der Waals surface area contributed by atoms with E-state index in [9.17, 15) is 0 Å². The van der Waals surface area contributed by atoms with Crippen LogP contribution in [0.3, 0.4) is 0 Å². The van der Waals surface area contributed by atoms with Gasteiger partial charge in [-0.3, -0.25) is 9.98 Å². The Bertz CT molecular complexity index is 948. The van der Waals surface area contributed by atoms with E-state index in [0.29, 0.717) is 0 Å². The van der Waals surface area contributed by atoms with Crippen LogP contribution in [0.5, 0.6) is 0 Å². The van der Waals surface area contributed by atoms with Crippen LogP contribution >= 0.6 is 0 Å². The van der Waals surface area contributed by atoms with Gasteiger partial charge < -0.3 is 0 Å². The third kappa shape index (κ3) is 1.14. The molecule has 20 heavy (non-hydrogen) atoms. The summed E-state index contributed by atoms with van der Waals surface area (Å²) in [4.78, 5) is 9.49. The van der Waals surface area contributed by atoms with E-state index in [2.05, 4.69) is 48.5 Å². The average Bonchev–Trinajstić information content (AvgIpc) is 2.85. The predicted octanol–water partition coefficient (Wildman–Crippen LogP) is 3.60. The molecular formula is C18H12N2. The summed E-state index contributed by atoms with van der Waals surface area (Å²) in [6, 6.07) is 17.3. The number of rotatable bonds is 0. The number of hydrogen-bond donors (Lipinski definition) is 0. The van der Waals surface area contributed by atoms with Gasteiger partial charge in [0.25, 0.3) is 0 Å². The molecule has 0 atom stereocenters. The van der Waals surface area contributed by atoms with Crippen molar-refractivity contribution in [3.63, 3.8) is 0 Å². The largest absolute Gasteiger partial charge is 0.280 e. The third-order valence-electron chi connectivity index (χ3n) is 4.24. The maximum atomic E-state index is 4.77. The molecule has 94 valence electrons. The summed E-state index contributed by atoms with van der Waals surface area (Å²) >= 11 is 0. The summed E-state index contributed by atoms with van der Waals surface area (Å²) in [5, 5.41) is 5.18. The Labute approximate surface area is 116 Å². The van der Waals surface area contributed by atoms with Gasteiger partial charge in [0, 0.05) is 16.5 Å². The first-order chi connectivity index (χ1) is 9.93. The zero-order valence-corrected chi connectivity index (χ0v) is 10.9. The topological polar surface area (TPSA) is 24.7 Å². The lowest BCUT2D eigenvalue weighted by Gasteiger charge is -2.09. The zero-order chi connectivity index (χ0) is 13.1. The van der Waals surface area contributed by atoms with Crippen LogP contribution in [0.25, 0.3) is 21.5 Å². The number of hydrogen-bond acceptors (Lipinski definition) is 2. The molecule has 1 aliphatic heterocycles. The van der Waals surface area contributed by atoms with Crippen LogP contribution in [0.4, 0.5) is 0 Å². The Hall–Kier alpha value is -2.48. The molecule has 0 radical (unpaired) electrons. The van der Waals surface area contributed by atoms with Crippen LogP contribution in [0, 0.1) is 0 Å². The van der Waals surface area contributed by atoms with Gasteiger partial charge in [0.1, 0.15) is 0 Å². The predicted molar refractivity (Wildman–Crippen MR) is 84.3 cm³/mol. The Morgan fingerprint density at radius 1 is 0.750 bits per heavy atom. The van der Waals surface area contributed by atoms with E-state index >= 15 is 0 Å². The maximum absolute atomic E-state index is 4.77. The van der Waals surface area contributed by atoms with Gasteiger partial charge in [-0.05, 0) is 22.2 Å². The summed E-state index contributed by atoms with van der Waals surface area (Å²) in [5.41, 5.74) is 4.72. The first-order valence-corrected chi connectivity index (χ1v) is 6.98. The highest BCUT2D eigenvalue weighted by Gasteiger charge is 2.29. The lowest BCUT2D eigenvalue weighted by atomic mass is 9.97. The normalized spacial score (nSPS) is 16.2. The van der Waals surface area contributed by atoms with Crippen LogP contribution < -0.4 is 0 Å². The number of fused-ring (bicyclic) bond motifs is 5. The van der Waals surface area contributed by atoms with E-state index in [1.54, 1.807) is 0 Å². The Morgan fingerprint density at radius 2 is 1.55 bits per heavy atom. The summed E-state index contributed by atoms with van der Waals surface area (Å²) in [6.45, 7) is 1.61. The molecule has 1 heterocycles. The molecular weight excluding hydrogens is 244 g/mol. The van der Waals surface area contributed by atoms with Gasteiger partial charge >= 0.3 is 0 Å². The summed E-state index contributed by atoms with van der Waals surface area (Å²) in [6.07, 6.45) is 0. The van der Waals surface area contributed by atoms with Crippen LogP contribution in [-0.2, 0) is 0 Å². The second kappa shape index (κ2) is 3.54. The molecule has 0 saturated carbocycles. The van der Waals surface area contributed by atoms with Gasteiger partial charge in [-0.2, -0.15) is 0 Å². The van der Waals surface area contributed by atoms with Gasteiger partial charge in [0.05, 0.1) is 24.5 Å². The van der Waals surface area contributed by atoms with Crippen molar-refractivity contribution in [2.45, 2.75) is 0 Å². The van der Waals surface area contributed by atoms with Crippen molar-refractivity contribution in [1.29, 1.82) is 0 Å². The van der Waals surface area contributed by atoms with Crippen molar-refractivity contribution < 1.29 is 0 Å². The molecule has 0 amide bonds. The highest BCUT2D eigenvalue weighted by Crippen LogP contribution is 2.37. The molecule has 2 nitrogen and oxygen atoms in total. The van der Waals surface area contributed by atoms with Crippen LogP contribution in [0.15, 0.2) is 58.5 Å². The van der Waals surface area contributed by atoms with E-state index in [4.69, 9.17) is 9.98 Å². The standard InChI is InChI=1S/C18H12N2/c1-2-6-13-11(4-1)10-12-5-3-7-14-15(12)16(13)18-17(14)19-8-9-20-18/h1-7,10H,8-9H2. The smallest absolute Gasteiger partial charge is 0.0918 e. The second-order valence-electron chi connectivity index (χ2n) is 5.34. The molecule has 0 aromatic heterocycles. The minimum atomic E-state index is 0.803. The number of benzene rings is 3. The molecule has 1 aliphatic carbocycles. The Morgan fingerprint density at radius 3 is 2.50 bits per heavy atom. The molecule has 0 bridgehead atoms. The van der Waals surface area contributed by atoms with Crippen molar-refractivity contribution in [3.8, 4) is 0 Å². The van der Waals surface area contributed by atoms with Gasteiger partial charge in [0.15, 0.2) is 0 Å². The Kier molecular flexibility index (Phi) is 1.83. The molecule has 3 aromatic rings. The lowest BCUT2D eigenvalue weighted by Crippen LogP contribution is -2.17. The molecule has 2 heteroatoms. The Balaban J connectivity index is 2.10. The van der Waals surface area contributed by atoms with E-state index < -0.39 is 0 Å². The highest BCUT2D eigenvalue weighted by molar-refractivity contribution is 6.62. The molecule has 3 aromatic carbocycles. The summed E-state index contributed by atoms with van der Waals surface area (Å²) in [5.74, 6) is 0. The fourth-order valence-electron chi connectivity index (χ4n) is 3.45. The quantitative estimate of drug-likeness (QED) is 0.549. The first kappa shape index (κ1) is 10.3. The third-order valence-corrected chi connectivity index (χ3v) is 4.24. The van der Waals surface area contributed by atoms with Crippen molar-refractivity contribution in [3.05, 3.63) is 59.7 Å². The molecule has 0 N–H and O–H groups in total. The lowest BCUT2D eigenvalue weighted by molar-refractivity contribution is 0.966. The van der Waals surface area contributed by atoms with E-state index in [1.807, 2.05) is 0 Å². The van der Waals surface area contributed by atoms with Gasteiger partial charge in [-0.1, -0.05) is 42.5 Å². The van der Waals surface area contributed by atoms with Crippen LogP contribution in [0.1, 0.15) is 11.1 Å².